The quantitative estimate of drug-likeness (QED) is 0.276. The van der Waals surface area contributed by atoms with Gasteiger partial charge in [0, 0.05) is 16.1 Å². The lowest BCUT2D eigenvalue weighted by Gasteiger charge is -2.15. The summed E-state index contributed by atoms with van der Waals surface area (Å²) in [6, 6.07) is 8.13. The second-order valence-electron chi connectivity index (χ2n) is 6.91. The van der Waals surface area contributed by atoms with Crippen LogP contribution >= 0.6 is 15.9 Å². The van der Waals surface area contributed by atoms with Crippen molar-refractivity contribution in [3.05, 3.63) is 66.7 Å². The van der Waals surface area contributed by atoms with Crippen LogP contribution in [0, 0.1) is 17.0 Å². The molecule has 0 bridgehead atoms. The van der Waals surface area contributed by atoms with Crippen LogP contribution < -0.4 is 15.0 Å². The first-order valence-electron chi connectivity index (χ1n) is 9.56. The van der Waals surface area contributed by atoms with Gasteiger partial charge in [-0.15, -0.1) is 0 Å². The van der Waals surface area contributed by atoms with Crippen LogP contribution in [0.2, 0.25) is 0 Å². The summed E-state index contributed by atoms with van der Waals surface area (Å²) in [7, 11) is 0. The van der Waals surface area contributed by atoms with Gasteiger partial charge in [0.1, 0.15) is 5.82 Å². The Bertz CT molecular complexity index is 1240. The molecule has 0 fully saturated rings. The number of benzene rings is 2. The van der Waals surface area contributed by atoms with Gasteiger partial charge in [-0.3, -0.25) is 14.9 Å². The third kappa shape index (κ3) is 4.91. The highest BCUT2D eigenvalue weighted by molar-refractivity contribution is 9.10. The number of fused-ring (bicyclic) bond motifs is 1. The first-order chi connectivity index (χ1) is 14.7. The summed E-state index contributed by atoms with van der Waals surface area (Å²) in [5.74, 6) is 0.677. The van der Waals surface area contributed by atoms with E-state index in [0.29, 0.717) is 28.9 Å². The number of aryl methyl sites for hydroxylation is 1. The number of rotatable bonds is 7. The molecule has 0 radical (unpaired) electrons. The fourth-order valence-corrected chi connectivity index (χ4v) is 3.32. The number of hydrogen-bond donors (Lipinski definition) is 0. The van der Waals surface area contributed by atoms with E-state index >= 15 is 0 Å². The van der Waals surface area contributed by atoms with Crippen LogP contribution in [0.4, 0.5) is 5.69 Å². The minimum atomic E-state index is -0.538. The summed E-state index contributed by atoms with van der Waals surface area (Å²) in [6.45, 7) is 7.28. The van der Waals surface area contributed by atoms with Gasteiger partial charge in [-0.2, -0.15) is 9.78 Å². The van der Waals surface area contributed by atoms with Gasteiger partial charge >= 0.3 is 5.69 Å². The van der Waals surface area contributed by atoms with E-state index in [1.807, 2.05) is 0 Å². The zero-order chi connectivity index (χ0) is 22.7. The number of halogens is 1. The maximum absolute atomic E-state index is 12.9. The molecule has 10 heteroatoms. The Balaban J connectivity index is 2.12. The van der Waals surface area contributed by atoms with Crippen molar-refractivity contribution in [1.82, 2.24) is 9.66 Å². The van der Waals surface area contributed by atoms with Crippen molar-refractivity contribution >= 4 is 38.7 Å². The first kappa shape index (κ1) is 22.4. The second-order valence-corrected chi connectivity index (χ2v) is 7.82. The Kier molecular flexibility index (Phi) is 6.69. The Morgan fingerprint density at radius 2 is 2.06 bits per heavy atom. The van der Waals surface area contributed by atoms with E-state index in [1.54, 1.807) is 52.0 Å². The van der Waals surface area contributed by atoms with Crippen molar-refractivity contribution in [2.24, 2.45) is 5.10 Å². The molecule has 3 rings (SSSR count). The zero-order valence-corrected chi connectivity index (χ0v) is 19.0. The van der Waals surface area contributed by atoms with Gasteiger partial charge in [0.15, 0.2) is 5.75 Å². The highest BCUT2D eigenvalue weighted by atomic mass is 79.9. The van der Waals surface area contributed by atoms with Crippen LogP contribution in [-0.2, 0) is 0 Å². The van der Waals surface area contributed by atoms with Crippen LogP contribution in [0.15, 0.2) is 44.7 Å². The summed E-state index contributed by atoms with van der Waals surface area (Å²) in [5, 5.41) is 16.3. The molecular weight excluding hydrogens is 468 g/mol. The Morgan fingerprint density at radius 3 is 2.71 bits per heavy atom. The first-order valence-corrected chi connectivity index (χ1v) is 10.4. The van der Waals surface area contributed by atoms with Gasteiger partial charge in [0.05, 0.1) is 34.8 Å². The van der Waals surface area contributed by atoms with Crippen molar-refractivity contribution in [3.8, 4) is 11.5 Å². The van der Waals surface area contributed by atoms with Crippen molar-refractivity contribution in [2.45, 2.75) is 33.8 Å². The van der Waals surface area contributed by atoms with E-state index in [9.17, 15) is 14.9 Å². The number of ether oxygens (including phenoxy) is 2. The van der Waals surface area contributed by atoms with Gasteiger partial charge in [-0.25, -0.2) is 4.98 Å². The molecule has 0 atom stereocenters. The Labute approximate surface area is 186 Å². The molecule has 1 aromatic heterocycles. The summed E-state index contributed by atoms with van der Waals surface area (Å²) in [6.07, 6.45) is 1.08. The van der Waals surface area contributed by atoms with Crippen molar-refractivity contribution < 1.29 is 14.4 Å². The minimum absolute atomic E-state index is 0.0598. The maximum Gasteiger partial charge on any atom is 0.315 e. The van der Waals surface area contributed by atoms with Crippen molar-refractivity contribution in [1.29, 1.82) is 0 Å². The largest absolute Gasteiger partial charge is 0.490 e. The van der Waals surface area contributed by atoms with Gasteiger partial charge < -0.3 is 9.47 Å². The topological polar surface area (TPSA) is 109 Å². The third-order valence-corrected chi connectivity index (χ3v) is 4.69. The van der Waals surface area contributed by atoms with E-state index < -0.39 is 4.92 Å². The summed E-state index contributed by atoms with van der Waals surface area (Å²) in [5.41, 5.74) is 0.346. The molecule has 0 aliphatic carbocycles. The van der Waals surface area contributed by atoms with Gasteiger partial charge in [-0.1, -0.05) is 15.9 Å². The van der Waals surface area contributed by atoms with Gasteiger partial charge in [0.2, 0.25) is 5.75 Å². The van der Waals surface area contributed by atoms with Crippen LogP contribution in [-0.4, -0.2) is 33.5 Å². The molecule has 0 aliphatic heterocycles. The minimum Gasteiger partial charge on any atom is -0.490 e. The monoisotopic (exact) mass is 488 g/mol. The number of hydrogen-bond acceptors (Lipinski definition) is 7. The molecule has 0 saturated carbocycles. The maximum atomic E-state index is 12.9. The molecule has 0 unspecified atom stereocenters. The van der Waals surface area contributed by atoms with E-state index in [2.05, 4.69) is 26.0 Å². The molecular formula is C21H21BrN4O5. The highest BCUT2D eigenvalue weighted by Gasteiger charge is 2.23. The molecule has 3 aromatic rings. The molecule has 0 amide bonds. The predicted octanol–water partition coefficient (Wildman–Crippen LogP) is 4.44. The average molecular weight is 489 g/mol. The molecule has 0 N–H and O–H groups in total. The van der Waals surface area contributed by atoms with Crippen LogP contribution in [0.1, 0.15) is 32.2 Å². The number of nitrogens with zero attached hydrogens (tertiary/aromatic N) is 4. The molecule has 2 aromatic carbocycles. The molecule has 1 heterocycles. The second kappa shape index (κ2) is 9.25. The molecule has 0 spiro atoms. The lowest BCUT2D eigenvalue weighted by molar-refractivity contribution is -0.386. The molecule has 0 saturated heterocycles. The van der Waals surface area contributed by atoms with E-state index in [4.69, 9.17) is 9.47 Å². The standard InChI is InChI=1S/C21H21BrN4O5/c1-5-30-19-9-14(8-18(26(28)29)20(19)31-12(2)3)11-23-25-13(4)24-17-7-6-15(22)10-16(17)21(25)27/h6-12H,5H2,1-4H3. The number of nitro benzene ring substituents is 1. The fraction of sp³-hybridized carbons (Fsp3) is 0.286. The highest BCUT2D eigenvalue weighted by Crippen LogP contribution is 2.39. The van der Waals surface area contributed by atoms with E-state index in [-0.39, 0.29) is 28.8 Å². The lowest BCUT2D eigenvalue weighted by atomic mass is 10.2. The summed E-state index contributed by atoms with van der Waals surface area (Å²) < 4.78 is 13.1. The lowest BCUT2D eigenvalue weighted by Crippen LogP contribution is -2.20. The molecule has 162 valence electrons. The normalized spacial score (nSPS) is 11.4. The van der Waals surface area contributed by atoms with E-state index in [0.717, 1.165) is 9.15 Å². The third-order valence-electron chi connectivity index (χ3n) is 4.20. The van der Waals surface area contributed by atoms with Crippen molar-refractivity contribution in [3.63, 3.8) is 0 Å². The summed E-state index contributed by atoms with van der Waals surface area (Å²) >= 11 is 3.35. The summed E-state index contributed by atoms with van der Waals surface area (Å²) in [4.78, 5) is 28.4. The zero-order valence-electron chi connectivity index (χ0n) is 17.5. The molecule has 0 aliphatic rings. The number of aromatic nitrogens is 2. The molecule has 9 nitrogen and oxygen atoms in total. The smallest absolute Gasteiger partial charge is 0.315 e. The van der Waals surface area contributed by atoms with Gasteiger partial charge in [0.25, 0.3) is 5.56 Å². The SMILES string of the molecule is CCOc1cc(C=Nn2c(C)nc3ccc(Br)cc3c2=O)cc([N+](=O)[O-])c1OC(C)C. The average Bonchev–Trinajstić information content (AvgIpc) is 2.69. The van der Waals surface area contributed by atoms with Crippen LogP contribution in [0.3, 0.4) is 0 Å². The Hall–Kier alpha value is -3.27. The fourth-order valence-electron chi connectivity index (χ4n) is 2.96. The van der Waals surface area contributed by atoms with E-state index in [1.165, 1.54) is 12.3 Å². The van der Waals surface area contributed by atoms with Crippen LogP contribution in [0.5, 0.6) is 11.5 Å². The van der Waals surface area contributed by atoms with Crippen LogP contribution in [0.25, 0.3) is 10.9 Å². The molecule has 31 heavy (non-hydrogen) atoms. The van der Waals surface area contributed by atoms with Gasteiger partial charge in [-0.05, 0) is 52.0 Å². The van der Waals surface area contributed by atoms with Crippen molar-refractivity contribution in [2.75, 3.05) is 6.61 Å². The number of nitro groups is 1. The predicted molar refractivity (Wildman–Crippen MR) is 121 cm³/mol. The Morgan fingerprint density at radius 1 is 1.32 bits per heavy atom.